The van der Waals surface area contributed by atoms with Crippen LogP contribution in [0.5, 0.6) is 0 Å². The number of aliphatic imine (C=N–C) groups is 1. The smallest absolute Gasteiger partial charge is 0.191 e. The average Bonchev–Trinajstić information content (AvgIpc) is 2.71. The van der Waals surface area contributed by atoms with E-state index in [1.807, 2.05) is 12.1 Å². The molecule has 9 heteroatoms. The Morgan fingerprint density at radius 1 is 1.07 bits per heavy atom. The van der Waals surface area contributed by atoms with Gasteiger partial charge in [0.15, 0.2) is 5.96 Å². The van der Waals surface area contributed by atoms with Crippen LogP contribution in [0.25, 0.3) is 0 Å². The quantitative estimate of drug-likeness (QED) is 0.364. The number of hydrogen-bond donors (Lipinski definition) is 2. The third-order valence-corrected chi connectivity index (χ3v) is 4.79. The second-order valence-corrected chi connectivity index (χ2v) is 6.79. The van der Waals surface area contributed by atoms with Gasteiger partial charge in [-0.2, -0.15) is 0 Å². The number of pyridine rings is 1. The molecule has 6 nitrogen and oxygen atoms in total. The van der Waals surface area contributed by atoms with Gasteiger partial charge in [-0.05, 0) is 31.3 Å². The van der Waals surface area contributed by atoms with Crippen LogP contribution in [0.2, 0.25) is 0 Å². The zero-order valence-corrected chi connectivity index (χ0v) is 19.0. The van der Waals surface area contributed by atoms with Gasteiger partial charge in [0.1, 0.15) is 17.5 Å². The molecule has 1 aromatic carbocycles. The molecule has 0 aliphatic carbocycles. The summed E-state index contributed by atoms with van der Waals surface area (Å²) in [6.07, 6.45) is 1.80. The van der Waals surface area contributed by atoms with Crippen molar-refractivity contribution in [2.45, 2.75) is 13.1 Å². The summed E-state index contributed by atoms with van der Waals surface area (Å²) in [5.41, 5.74) is 1.31. The summed E-state index contributed by atoms with van der Waals surface area (Å²) in [4.78, 5) is 13.3. The van der Waals surface area contributed by atoms with Crippen LogP contribution >= 0.6 is 24.0 Å². The Morgan fingerprint density at radius 2 is 1.76 bits per heavy atom. The van der Waals surface area contributed by atoms with Crippen LogP contribution in [0, 0.1) is 11.6 Å². The van der Waals surface area contributed by atoms with E-state index in [1.165, 1.54) is 6.07 Å². The van der Waals surface area contributed by atoms with Crippen molar-refractivity contribution in [1.82, 2.24) is 20.5 Å². The first-order valence-electron chi connectivity index (χ1n) is 9.32. The van der Waals surface area contributed by atoms with E-state index in [0.717, 1.165) is 49.7 Å². The van der Waals surface area contributed by atoms with E-state index in [1.54, 1.807) is 13.2 Å². The highest BCUT2D eigenvalue weighted by Gasteiger charge is 2.18. The predicted octanol–water partition coefficient (Wildman–Crippen LogP) is 2.59. The van der Waals surface area contributed by atoms with E-state index in [0.29, 0.717) is 12.5 Å². The molecule has 1 aromatic heterocycles. The average molecular weight is 516 g/mol. The zero-order chi connectivity index (χ0) is 19.9. The summed E-state index contributed by atoms with van der Waals surface area (Å²) in [6, 6.07) is 7.36. The lowest BCUT2D eigenvalue weighted by Gasteiger charge is -2.34. The van der Waals surface area contributed by atoms with Gasteiger partial charge >= 0.3 is 0 Å². The summed E-state index contributed by atoms with van der Waals surface area (Å²) in [5.74, 6) is 0.564. The third kappa shape index (κ3) is 6.49. The number of anilines is 1. The Kier molecular flexibility index (Phi) is 9.02. The summed E-state index contributed by atoms with van der Waals surface area (Å²) in [7, 11) is 3.76. The second-order valence-electron chi connectivity index (χ2n) is 6.79. The molecule has 1 fully saturated rings. The third-order valence-electron chi connectivity index (χ3n) is 4.79. The molecular weight excluding hydrogens is 489 g/mol. The number of rotatable bonds is 5. The van der Waals surface area contributed by atoms with Gasteiger partial charge < -0.3 is 20.4 Å². The highest BCUT2D eigenvalue weighted by molar-refractivity contribution is 14.0. The number of likely N-dealkylation sites (N-methyl/N-ethyl adjacent to an activating group) is 1. The zero-order valence-electron chi connectivity index (χ0n) is 16.7. The molecule has 1 aliphatic heterocycles. The first-order valence-corrected chi connectivity index (χ1v) is 9.32. The maximum Gasteiger partial charge on any atom is 0.191 e. The number of nitrogens with one attached hydrogen (secondary N) is 2. The monoisotopic (exact) mass is 516 g/mol. The van der Waals surface area contributed by atoms with Crippen LogP contribution in [0.1, 0.15) is 11.1 Å². The van der Waals surface area contributed by atoms with E-state index in [2.05, 4.69) is 37.5 Å². The van der Waals surface area contributed by atoms with Gasteiger partial charge in [0.2, 0.25) is 0 Å². The number of halogens is 3. The minimum Gasteiger partial charge on any atom is -0.354 e. The van der Waals surface area contributed by atoms with Crippen molar-refractivity contribution >= 4 is 35.8 Å². The Balaban J connectivity index is 0.00000300. The van der Waals surface area contributed by atoms with Crippen LogP contribution in [0.4, 0.5) is 14.6 Å². The molecule has 0 radical (unpaired) electrons. The Morgan fingerprint density at radius 3 is 2.45 bits per heavy atom. The Bertz CT molecular complexity index is 824. The van der Waals surface area contributed by atoms with Crippen molar-refractivity contribution in [1.29, 1.82) is 0 Å². The van der Waals surface area contributed by atoms with Crippen molar-refractivity contribution in [2.75, 3.05) is 45.2 Å². The topological polar surface area (TPSA) is 55.8 Å². The first-order chi connectivity index (χ1) is 13.6. The first kappa shape index (κ1) is 23.3. The Hall–Kier alpha value is -2.01. The van der Waals surface area contributed by atoms with Crippen molar-refractivity contribution in [2.24, 2.45) is 4.99 Å². The SMILES string of the molecule is CN=C(NCc1cc(F)ccc1F)NCc1cccnc1N1CCN(C)CC1.I. The molecule has 2 N–H and O–H groups in total. The molecule has 0 amide bonds. The molecule has 0 bridgehead atoms. The number of nitrogens with zero attached hydrogens (tertiary/aromatic N) is 4. The highest BCUT2D eigenvalue weighted by atomic mass is 127. The van der Waals surface area contributed by atoms with Gasteiger partial charge in [0.05, 0.1) is 0 Å². The van der Waals surface area contributed by atoms with E-state index in [9.17, 15) is 8.78 Å². The molecule has 0 spiro atoms. The van der Waals surface area contributed by atoms with Gasteiger partial charge in [-0.3, -0.25) is 4.99 Å². The van der Waals surface area contributed by atoms with E-state index in [4.69, 9.17) is 0 Å². The van der Waals surface area contributed by atoms with E-state index >= 15 is 0 Å². The minimum absolute atomic E-state index is 0. The lowest BCUT2D eigenvalue weighted by molar-refractivity contribution is 0.312. The van der Waals surface area contributed by atoms with Gasteiger partial charge in [0, 0.05) is 63.6 Å². The minimum atomic E-state index is -0.465. The largest absolute Gasteiger partial charge is 0.354 e. The lowest BCUT2D eigenvalue weighted by Crippen LogP contribution is -2.45. The number of hydrogen-bond acceptors (Lipinski definition) is 4. The van der Waals surface area contributed by atoms with Crippen molar-refractivity contribution < 1.29 is 8.78 Å². The normalized spacial score (nSPS) is 15.0. The predicted molar refractivity (Wildman–Crippen MR) is 123 cm³/mol. The summed E-state index contributed by atoms with van der Waals surface area (Å²) in [6.45, 7) is 4.55. The molecule has 0 atom stereocenters. The summed E-state index contributed by atoms with van der Waals surface area (Å²) < 4.78 is 27.1. The fourth-order valence-electron chi connectivity index (χ4n) is 3.13. The fraction of sp³-hybridized carbons (Fsp3) is 0.400. The number of guanidine groups is 1. The summed E-state index contributed by atoms with van der Waals surface area (Å²) >= 11 is 0. The van der Waals surface area contributed by atoms with Crippen molar-refractivity contribution in [3.05, 3.63) is 59.3 Å². The standard InChI is InChI=1S/C20H26F2N6.HI/c1-23-20(26-14-16-12-17(21)5-6-18(16)22)25-13-15-4-3-7-24-19(15)28-10-8-27(2)9-11-28;/h3-7,12H,8-11,13-14H2,1-2H3,(H2,23,25,26);1H. The van der Waals surface area contributed by atoms with Crippen LogP contribution in [-0.4, -0.2) is 56.1 Å². The molecule has 0 unspecified atom stereocenters. The van der Waals surface area contributed by atoms with Crippen LogP contribution in [0.15, 0.2) is 41.5 Å². The van der Waals surface area contributed by atoms with Crippen LogP contribution < -0.4 is 15.5 Å². The molecule has 2 heterocycles. The van der Waals surface area contributed by atoms with Gasteiger partial charge in [-0.15, -0.1) is 24.0 Å². The lowest BCUT2D eigenvalue weighted by atomic mass is 10.2. The fourth-order valence-corrected chi connectivity index (χ4v) is 3.13. The highest BCUT2D eigenvalue weighted by Crippen LogP contribution is 2.18. The van der Waals surface area contributed by atoms with Crippen LogP contribution in [-0.2, 0) is 13.1 Å². The molecule has 1 saturated heterocycles. The van der Waals surface area contributed by atoms with Crippen molar-refractivity contribution in [3.63, 3.8) is 0 Å². The molecule has 2 aromatic rings. The van der Waals surface area contributed by atoms with E-state index in [-0.39, 0.29) is 36.1 Å². The molecule has 0 saturated carbocycles. The number of piperazine rings is 1. The van der Waals surface area contributed by atoms with Gasteiger partial charge in [-0.25, -0.2) is 13.8 Å². The Labute approximate surface area is 187 Å². The van der Waals surface area contributed by atoms with E-state index < -0.39 is 11.6 Å². The molecule has 1 aliphatic rings. The number of aromatic nitrogens is 1. The number of benzene rings is 1. The van der Waals surface area contributed by atoms with Gasteiger partial charge in [0.25, 0.3) is 0 Å². The molecule has 29 heavy (non-hydrogen) atoms. The van der Waals surface area contributed by atoms with Crippen molar-refractivity contribution in [3.8, 4) is 0 Å². The van der Waals surface area contributed by atoms with Gasteiger partial charge in [-0.1, -0.05) is 6.07 Å². The maximum atomic E-state index is 13.8. The molecule has 158 valence electrons. The maximum absolute atomic E-state index is 13.8. The second kappa shape index (κ2) is 11.2. The molecule has 3 rings (SSSR count). The summed E-state index contributed by atoms with van der Waals surface area (Å²) in [5, 5.41) is 6.24. The molecular formula is C20H27F2IN6. The van der Waals surface area contributed by atoms with Crippen LogP contribution in [0.3, 0.4) is 0 Å².